The van der Waals surface area contributed by atoms with Crippen LogP contribution >= 0.6 is 39.1 Å². The van der Waals surface area contributed by atoms with Crippen LogP contribution in [0.15, 0.2) is 106 Å². The molecular weight excluding hydrogens is 685 g/mol. The minimum absolute atomic E-state index is 0.0316. The highest BCUT2D eigenvalue weighted by Gasteiger charge is 2.35. The number of likely N-dealkylation sites (N-methyl/N-ethyl adjacent to an activating group) is 1. The second-order valence-electron chi connectivity index (χ2n) is 10.1. The minimum Gasteiger partial charge on any atom is -0.355 e. The first-order valence-corrected chi connectivity index (χ1v) is 16.9. The van der Waals surface area contributed by atoms with Crippen LogP contribution in [0.25, 0.3) is 0 Å². The lowest BCUT2D eigenvalue weighted by atomic mass is 10.0. The van der Waals surface area contributed by atoms with Gasteiger partial charge in [0.25, 0.3) is 10.0 Å². The number of benzene rings is 4. The third kappa shape index (κ3) is 8.21. The normalized spacial score (nSPS) is 11.9. The van der Waals surface area contributed by atoms with Crippen molar-refractivity contribution in [3.63, 3.8) is 0 Å². The van der Waals surface area contributed by atoms with Crippen molar-refractivity contribution < 1.29 is 18.0 Å². The van der Waals surface area contributed by atoms with Gasteiger partial charge in [-0.25, -0.2) is 8.42 Å². The third-order valence-corrected chi connectivity index (χ3v) is 10.0. The van der Waals surface area contributed by atoms with E-state index >= 15 is 0 Å². The molecule has 0 radical (unpaired) electrons. The van der Waals surface area contributed by atoms with Crippen LogP contribution in [0.5, 0.6) is 0 Å². The number of nitrogens with zero attached hydrogens (tertiary/aromatic N) is 2. The molecule has 11 heteroatoms. The molecule has 0 spiro atoms. The molecule has 0 fully saturated rings. The zero-order chi connectivity index (χ0) is 31.9. The Kier molecular flexibility index (Phi) is 11.5. The molecule has 0 saturated heterocycles. The van der Waals surface area contributed by atoms with E-state index in [4.69, 9.17) is 23.2 Å². The average Bonchev–Trinajstić information content (AvgIpc) is 3.00. The van der Waals surface area contributed by atoms with Crippen molar-refractivity contribution in [3.05, 3.63) is 128 Å². The first-order chi connectivity index (χ1) is 21.0. The molecule has 0 heterocycles. The first-order valence-electron chi connectivity index (χ1n) is 13.9. The minimum atomic E-state index is -4.20. The van der Waals surface area contributed by atoms with E-state index in [1.807, 2.05) is 37.3 Å². The summed E-state index contributed by atoms with van der Waals surface area (Å²) in [4.78, 5) is 29.4. The Morgan fingerprint density at radius 1 is 0.864 bits per heavy atom. The van der Waals surface area contributed by atoms with Gasteiger partial charge >= 0.3 is 0 Å². The molecule has 230 valence electrons. The highest BCUT2D eigenvalue weighted by molar-refractivity contribution is 9.10. The van der Waals surface area contributed by atoms with Crippen molar-refractivity contribution in [1.82, 2.24) is 10.2 Å². The summed E-state index contributed by atoms with van der Waals surface area (Å²) in [5, 5.41) is 3.48. The van der Waals surface area contributed by atoms with E-state index < -0.39 is 28.5 Å². The molecule has 7 nitrogen and oxygen atoms in total. The molecular formula is C33H32BrCl2N3O4S. The fraction of sp³-hybridized carbons (Fsp3) is 0.212. The van der Waals surface area contributed by atoms with E-state index in [0.717, 1.165) is 19.9 Å². The molecule has 4 aromatic carbocycles. The number of hydrogen-bond donors (Lipinski definition) is 1. The highest BCUT2D eigenvalue weighted by atomic mass is 79.9. The van der Waals surface area contributed by atoms with Gasteiger partial charge in [0.05, 0.1) is 10.6 Å². The lowest BCUT2D eigenvalue weighted by Crippen LogP contribution is -2.53. The Labute approximate surface area is 277 Å². The molecule has 0 aliphatic rings. The summed E-state index contributed by atoms with van der Waals surface area (Å²) in [5.74, 6) is -0.990. The van der Waals surface area contributed by atoms with Crippen LogP contribution in [0.2, 0.25) is 10.0 Å². The van der Waals surface area contributed by atoms with Gasteiger partial charge in [-0.15, -0.1) is 0 Å². The summed E-state index contributed by atoms with van der Waals surface area (Å²) in [6.07, 6.45) is 0.184. The van der Waals surface area contributed by atoms with Crippen molar-refractivity contribution in [2.24, 2.45) is 0 Å². The maximum Gasteiger partial charge on any atom is 0.264 e. The van der Waals surface area contributed by atoms with Crippen LogP contribution in [0.3, 0.4) is 0 Å². The van der Waals surface area contributed by atoms with Crippen LogP contribution in [0.4, 0.5) is 5.69 Å². The second kappa shape index (κ2) is 15.1. The molecule has 0 aromatic heterocycles. The zero-order valence-electron chi connectivity index (χ0n) is 24.2. The number of aryl methyl sites for hydroxylation is 1. The summed E-state index contributed by atoms with van der Waals surface area (Å²) in [5.41, 5.74) is 2.45. The summed E-state index contributed by atoms with van der Waals surface area (Å²) in [7, 11) is -4.20. The number of hydrogen-bond acceptors (Lipinski definition) is 4. The molecule has 1 N–H and O–H groups in total. The predicted molar refractivity (Wildman–Crippen MR) is 179 cm³/mol. The van der Waals surface area contributed by atoms with Gasteiger partial charge in [0.1, 0.15) is 12.6 Å². The molecule has 0 saturated carbocycles. The largest absolute Gasteiger partial charge is 0.355 e. The Morgan fingerprint density at radius 3 is 2.07 bits per heavy atom. The number of nitrogens with one attached hydrogen (secondary N) is 1. The van der Waals surface area contributed by atoms with E-state index in [2.05, 4.69) is 21.2 Å². The average molecular weight is 718 g/mol. The van der Waals surface area contributed by atoms with E-state index in [9.17, 15) is 18.0 Å². The van der Waals surface area contributed by atoms with Gasteiger partial charge in [-0.05, 0) is 67.9 Å². The van der Waals surface area contributed by atoms with Crippen molar-refractivity contribution in [2.45, 2.75) is 37.8 Å². The zero-order valence-corrected chi connectivity index (χ0v) is 28.1. The maximum atomic E-state index is 14.4. The molecule has 0 aliphatic heterocycles. The van der Waals surface area contributed by atoms with Crippen molar-refractivity contribution in [2.75, 3.05) is 17.4 Å². The molecule has 0 bridgehead atoms. The number of carbonyl (C=O) groups excluding carboxylic acids is 2. The van der Waals surface area contributed by atoms with Gasteiger partial charge in [-0.1, -0.05) is 93.2 Å². The molecule has 1 atom stereocenters. The summed E-state index contributed by atoms with van der Waals surface area (Å²) < 4.78 is 30.0. The first kappa shape index (κ1) is 33.5. The SMILES string of the molecule is CCNC(=O)C(Cc1ccccc1)N(Cc1c(Cl)cccc1Cl)C(=O)CN(c1ccc(Br)cc1)S(=O)(=O)c1ccc(C)cc1. The van der Waals surface area contributed by atoms with E-state index in [0.29, 0.717) is 22.2 Å². The molecule has 4 aromatic rings. The fourth-order valence-corrected chi connectivity index (χ4v) is 6.87. The third-order valence-electron chi connectivity index (χ3n) is 7.01. The van der Waals surface area contributed by atoms with Crippen LogP contribution in [0.1, 0.15) is 23.6 Å². The number of carbonyl (C=O) groups is 2. The maximum absolute atomic E-state index is 14.4. The lowest BCUT2D eigenvalue weighted by Gasteiger charge is -2.34. The molecule has 44 heavy (non-hydrogen) atoms. The number of amides is 2. The molecule has 0 aliphatic carbocycles. The van der Waals surface area contributed by atoms with Gasteiger partial charge in [0.15, 0.2) is 0 Å². The Bertz CT molecular complexity index is 1680. The van der Waals surface area contributed by atoms with Gasteiger partial charge in [-0.3, -0.25) is 13.9 Å². The Hall–Kier alpha value is -3.37. The molecule has 4 rings (SSSR count). The Balaban J connectivity index is 1.82. The van der Waals surface area contributed by atoms with Gasteiger partial charge < -0.3 is 10.2 Å². The summed E-state index contributed by atoms with van der Waals surface area (Å²) in [6, 6.07) is 26.4. The smallest absolute Gasteiger partial charge is 0.264 e. The van der Waals surface area contributed by atoms with Crippen LogP contribution in [-0.2, 0) is 32.6 Å². The number of sulfonamides is 1. The van der Waals surface area contributed by atoms with E-state index in [-0.39, 0.29) is 29.5 Å². The summed E-state index contributed by atoms with van der Waals surface area (Å²) in [6.45, 7) is 3.29. The van der Waals surface area contributed by atoms with Gasteiger partial charge in [-0.2, -0.15) is 0 Å². The quantitative estimate of drug-likeness (QED) is 0.171. The number of anilines is 1. The topological polar surface area (TPSA) is 86.8 Å². The van der Waals surface area contributed by atoms with Gasteiger partial charge in [0, 0.05) is 39.6 Å². The van der Waals surface area contributed by atoms with E-state index in [1.165, 1.54) is 17.0 Å². The van der Waals surface area contributed by atoms with Crippen molar-refractivity contribution in [1.29, 1.82) is 0 Å². The monoisotopic (exact) mass is 715 g/mol. The number of rotatable bonds is 12. The highest BCUT2D eigenvalue weighted by Crippen LogP contribution is 2.29. The van der Waals surface area contributed by atoms with E-state index in [1.54, 1.807) is 61.5 Å². The summed E-state index contributed by atoms with van der Waals surface area (Å²) >= 11 is 16.5. The number of halogens is 3. The van der Waals surface area contributed by atoms with Crippen LogP contribution < -0.4 is 9.62 Å². The second-order valence-corrected chi connectivity index (χ2v) is 13.7. The predicted octanol–water partition coefficient (Wildman–Crippen LogP) is 7.04. The Morgan fingerprint density at radius 2 is 1.48 bits per heavy atom. The molecule has 2 amide bonds. The van der Waals surface area contributed by atoms with Crippen molar-refractivity contribution >= 4 is 66.7 Å². The van der Waals surface area contributed by atoms with Crippen molar-refractivity contribution in [3.8, 4) is 0 Å². The van der Waals surface area contributed by atoms with Gasteiger partial charge in [0.2, 0.25) is 11.8 Å². The van der Waals surface area contributed by atoms with Crippen LogP contribution in [-0.4, -0.2) is 44.3 Å². The standard InChI is InChI=1S/C33H32BrCl2N3O4S/c1-3-37-33(41)31(20-24-8-5-4-6-9-24)38(21-28-29(35)10-7-11-30(28)36)32(40)22-39(26-16-14-25(34)15-17-26)44(42,43)27-18-12-23(2)13-19-27/h4-19,31H,3,20-22H2,1-2H3,(H,37,41). The lowest BCUT2D eigenvalue weighted by molar-refractivity contribution is -0.140. The fourth-order valence-electron chi connectivity index (χ4n) is 4.67. The molecule has 1 unspecified atom stereocenters. The van der Waals surface area contributed by atoms with Crippen LogP contribution in [0, 0.1) is 6.92 Å².